The molecule has 0 bridgehead atoms. The molecule has 0 amide bonds. The van der Waals surface area contributed by atoms with E-state index < -0.39 is 6.23 Å². The lowest BCUT2D eigenvalue weighted by atomic mass is 9.98. The number of likely N-dealkylation sites (tertiary alicyclic amines) is 1. The van der Waals surface area contributed by atoms with Crippen molar-refractivity contribution in [3.8, 4) is 28.6 Å². The number of morpholine rings is 1. The summed E-state index contributed by atoms with van der Waals surface area (Å²) < 4.78 is 7.21. The molecule has 3 aromatic rings. The molecular weight excluding hydrogens is 460 g/mol. The summed E-state index contributed by atoms with van der Waals surface area (Å²) in [5, 5.41) is 41.3. The van der Waals surface area contributed by atoms with Gasteiger partial charge in [-0.2, -0.15) is 0 Å². The van der Waals surface area contributed by atoms with Gasteiger partial charge in [0.2, 0.25) is 0 Å². The van der Waals surface area contributed by atoms with E-state index in [9.17, 15) is 15.3 Å². The molecule has 36 heavy (non-hydrogen) atoms. The lowest BCUT2D eigenvalue weighted by molar-refractivity contribution is -0.0173. The second-order valence-electron chi connectivity index (χ2n) is 9.74. The first kappa shape index (κ1) is 24.5. The van der Waals surface area contributed by atoms with Crippen molar-refractivity contribution in [3.05, 3.63) is 41.9 Å². The highest BCUT2D eigenvalue weighted by atomic mass is 16.5. The van der Waals surface area contributed by atoms with E-state index in [0.29, 0.717) is 41.7 Å². The highest BCUT2D eigenvalue weighted by Gasteiger charge is 2.29. The number of aliphatic hydroxyl groups excluding tert-OH is 1. The number of ether oxygens (including phenoxy) is 1. The Kier molecular flexibility index (Phi) is 7.08. The van der Waals surface area contributed by atoms with Crippen LogP contribution in [0.15, 0.2) is 30.5 Å². The Hall–Kier alpha value is -3.21. The molecule has 3 N–H and O–H groups in total. The highest BCUT2D eigenvalue weighted by molar-refractivity contribution is 5.69. The van der Waals surface area contributed by atoms with Gasteiger partial charge in [-0.1, -0.05) is 20.3 Å². The molecule has 2 saturated heterocycles. The molecule has 2 aliphatic heterocycles. The number of rotatable bonds is 6. The molecule has 1 unspecified atom stereocenters. The van der Waals surface area contributed by atoms with Gasteiger partial charge in [0.25, 0.3) is 0 Å². The van der Waals surface area contributed by atoms with Crippen LogP contribution in [-0.2, 0) is 4.74 Å². The molecule has 2 fully saturated rings. The molecule has 2 aliphatic rings. The number of nitrogens with zero attached hydrogens (tertiary/aromatic N) is 6. The summed E-state index contributed by atoms with van der Waals surface area (Å²) in [5.74, 6) is 1.55. The van der Waals surface area contributed by atoms with Crippen molar-refractivity contribution in [2.75, 3.05) is 44.3 Å². The predicted molar refractivity (Wildman–Crippen MR) is 135 cm³/mol. The fourth-order valence-corrected chi connectivity index (χ4v) is 4.94. The molecule has 5 rings (SSSR count). The number of pyridine rings is 1. The number of aliphatic hydroxyl groups is 1. The largest absolute Gasteiger partial charge is 0.508 e. The second-order valence-corrected chi connectivity index (χ2v) is 9.74. The van der Waals surface area contributed by atoms with Crippen LogP contribution >= 0.6 is 0 Å². The Bertz CT molecular complexity index is 1180. The van der Waals surface area contributed by atoms with Crippen molar-refractivity contribution in [3.63, 3.8) is 0 Å². The van der Waals surface area contributed by atoms with E-state index in [1.807, 2.05) is 30.9 Å². The Morgan fingerprint density at radius 1 is 0.917 bits per heavy atom. The maximum absolute atomic E-state index is 11.3. The standard InChI is InChI=1S/C26H34N6O4/c1-17(2)19-14-20(22(34)15-21(19)33)24-28-29-25(26(35)31-8-4-3-5-9-31)32(24)18-6-7-23(27-16-18)30-10-12-36-13-11-30/h6-7,14-17,26,33-35H,3-5,8-13H2,1-2H3. The number of hydrogen-bond donors (Lipinski definition) is 3. The number of hydrogen-bond acceptors (Lipinski definition) is 9. The van der Waals surface area contributed by atoms with Gasteiger partial charge in [-0.05, 0) is 42.5 Å². The van der Waals surface area contributed by atoms with Gasteiger partial charge in [-0.25, -0.2) is 4.98 Å². The Morgan fingerprint density at radius 3 is 2.33 bits per heavy atom. The third kappa shape index (κ3) is 4.76. The van der Waals surface area contributed by atoms with Gasteiger partial charge in [0.15, 0.2) is 17.9 Å². The van der Waals surface area contributed by atoms with Crippen LogP contribution in [0.4, 0.5) is 5.82 Å². The Balaban J connectivity index is 1.60. The van der Waals surface area contributed by atoms with E-state index in [1.54, 1.807) is 16.8 Å². The molecule has 4 heterocycles. The average molecular weight is 495 g/mol. The van der Waals surface area contributed by atoms with Crippen LogP contribution in [0.1, 0.15) is 56.6 Å². The summed E-state index contributed by atoms with van der Waals surface area (Å²) in [6, 6.07) is 6.95. The summed E-state index contributed by atoms with van der Waals surface area (Å²) in [7, 11) is 0. The van der Waals surface area contributed by atoms with Crippen LogP contribution in [0.25, 0.3) is 17.1 Å². The monoisotopic (exact) mass is 494 g/mol. The van der Waals surface area contributed by atoms with E-state index >= 15 is 0 Å². The van der Waals surface area contributed by atoms with Crippen LogP contribution in [0.2, 0.25) is 0 Å². The van der Waals surface area contributed by atoms with Crippen LogP contribution in [0.3, 0.4) is 0 Å². The first-order chi connectivity index (χ1) is 17.4. The number of phenols is 2. The van der Waals surface area contributed by atoms with Gasteiger partial charge in [0, 0.05) is 32.2 Å². The third-order valence-electron chi connectivity index (χ3n) is 6.99. The van der Waals surface area contributed by atoms with Crippen molar-refractivity contribution in [1.82, 2.24) is 24.6 Å². The zero-order chi connectivity index (χ0) is 25.2. The summed E-state index contributed by atoms with van der Waals surface area (Å²) >= 11 is 0. The smallest absolute Gasteiger partial charge is 0.182 e. The lowest BCUT2D eigenvalue weighted by Gasteiger charge is -2.31. The van der Waals surface area contributed by atoms with Crippen LogP contribution in [0.5, 0.6) is 11.5 Å². The number of benzene rings is 1. The zero-order valence-electron chi connectivity index (χ0n) is 20.8. The van der Waals surface area contributed by atoms with Crippen molar-refractivity contribution < 1.29 is 20.1 Å². The normalized spacial score (nSPS) is 18.1. The molecule has 192 valence electrons. The predicted octanol–water partition coefficient (Wildman–Crippen LogP) is 3.18. The van der Waals surface area contributed by atoms with Gasteiger partial charge >= 0.3 is 0 Å². The van der Waals surface area contributed by atoms with E-state index in [4.69, 9.17) is 4.74 Å². The lowest BCUT2D eigenvalue weighted by Crippen LogP contribution is -2.36. The minimum Gasteiger partial charge on any atom is -0.508 e. The molecule has 0 radical (unpaired) electrons. The number of piperidine rings is 1. The van der Waals surface area contributed by atoms with Crippen molar-refractivity contribution in [1.29, 1.82) is 0 Å². The zero-order valence-corrected chi connectivity index (χ0v) is 20.8. The molecule has 0 saturated carbocycles. The summed E-state index contributed by atoms with van der Waals surface area (Å²) in [4.78, 5) is 8.86. The quantitative estimate of drug-likeness (QED) is 0.474. The highest BCUT2D eigenvalue weighted by Crippen LogP contribution is 2.39. The fraction of sp³-hybridized carbons (Fsp3) is 0.500. The number of aromatic nitrogens is 4. The molecule has 2 aromatic heterocycles. The maximum atomic E-state index is 11.3. The summed E-state index contributed by atoms with van der Waals surface area (Å²) in [6.07, 6.45) is 3.97. The van der Waals surface area contributed by atoms with E-state index in [0.717, 1.165) is 51.3 Å². The van der Waals surface area contributed by atoms with Gasteiger partial charge in [0.1, 0.15) is 17.3 Å². The Morgan fingerprint density at radius 2 is 1.67 bits per heavy atom. The van der Waals surface area contributed by atoms with Crippen molar-refractivity contribution in [2.45, 2.75) is 45.3 Å². The fourth-order valence-electron chi connectivity index (χ4n) is 4.94. The van der Waals surface area contributed by atoms with Gasteiger partial charge in [-0.15, -0.1) is 10.2 Å². The molecule has 10 nitrogen and oxygen atoms in total. The van der Waals surface area contributed by atoms with Gasteiger partial charge in [0.05, 0.1) is 30.7 Å². The summed E-state index contributed by atoms with van der Waals surface area (Å²) in [5.41, 5.74) is 1.80. The van der Waals surface area contributed by atoms with Crippen molar-refractivity contribution in [2.24, 2.45) is 0 Å². The molecule has 0 aliphatic carbocycles. The van der Waals surface area contributed by atoms with Crippen molar-refractivity contribution >= 4 is 5.82 Å². The second kappa shape index (κ2) is 10.4. The molecule has 1 atom stereocenters. The first-order valence-electron chi connectivity index (χ1n) is 12.7. The average Bonchev–Trinajstić information content (AvgIpc) is 3.34. The molecule has 0 spiro atoms. The minimum atomic E-state index is -0.950. The van der Waals surface area contributed by atoms with E-state index in [-0.39, 0.29) is 17.4 Å². The van der Waals surface area contributed by atoms with Crippen LogP contribution in [-0.4, -0.2) is 79.4 Å². The van der Waals surface area contributed by atoms with Gasteiger partial charge < -0.3 is 25.0 Å². The van der Waals surface area contributed by atoms with Crippen LogP contribution < -0.4 is 4.90 Å². The molecular formula is C26H34N6O4. The maximum Gasteiger partial charge on any atom is 0.182 e. The SMILES string of the molecule is CC(C)c1cc(-c2nnc(C(O)N3CCCCC3)n2-c2ccc(N3CCOCC3)nc2)c(O)cc1O. The first-order valence-corrected chi connectivity index (χ1v) is 12.7. The number of aromatic hydroxyl groups is 2. The van der Waals surface area contributed by atoms with Crippen LogP contribution in [0, 0.1) is 0 Å². The van der Waals surface area contributed by atoms with E-state index in [2.05, 4.69) is 20.1 Å². The molecule has 10 heteroatoms. The van der Waals surface area contributed by atoms with E-state index in [1.165, 1.54) is 6.07 Å². The summed E-state index contributed by atoms with van der Waals surface area (Å²) in [6.45, 7) is 8.40. The number of phenolic OH excluding ortho intramolecular Hbond substituents is 2. The third-order valence-corrected chi connectivity index (χ3v) is 6.99. The van der Waals surface area contributed by atoms with Gasteiger partial charge in [-0.3, -0.25) is 9.47 Å². The Labute approximate surface area is 210 Å². The minimum absolute atomic E-state index is 0.0300. The topological polar surface area (TPSA) is 120 Å². The number of anilines is 1. The molecule has 1 aromatic carbocycles.